The Morgan fingerprint density at radius 2 is 2.00 bits per heavy atom. The molecule has 0 amide bonds. The summed E-state index contributed by atoms with van der Waals surface area (Å²) in [6, 6.07) is 12.4. The van der Waals surface area contributed by atoms with E-state index in [2.05, 4.69) is 15.2 Å². The third-order valence-corrected chi connectivity index (χ3v) is 7.99. The molecule has 1 aromatic carbocycles. The third-order valence-electron chi connectivity index (χ3n) is 5.24. The number of hydrogen-bond acceptors (Lipinski definition) is 8. The van der Waals surface area contributed by atoms with Gasteiger partial charge in [-0.25, -0.2) is 17.9 Å². The van der Waals surface area contributed by atoms with Crippen molar-refractivity contribution in [1.29, 1.82) is 0 Å². The molecule has 9 nitrogen and oxygen atoms in total. The molecule has 0 radical (unpaired) electrons. The first kappa shape index (κ1) is 21.0. The largest absolute Gasteiger partial charge is 0.360 e. The van der Waals surface area contributed by atoms with E-state index in [1.165, 1.54) is 35.1 Å². The summed E-state index contributed by atoms with van der Waals surface area (Å²) in [6.07, 6.45) is 4.29. The summed E-state index contributed by atoms with van der Waals surface area (Å²) in [5.41, 5.74) is 2.65. The van der Waals surface area contributed by atoms with Gasteiger partial charge in [0.2, 0.25) is 5.78 Å². The second-order valence-corrected chi connectivity index (χ2v) is 10.1. The first-order chi connectivity index (χ1) is 15.9. The molecule has 0 saturated heterocycles. The maximum Gasteiger partial charge on any atom is 0.269 e. The highest BCUT2D eigenvalue weighted by Crippen LogP contribution is 2.29. The van der Waals surface area contributed by atoms with Crippen LogP contribution in [0.3, 0.4) is 0 Å². The summed E-state index contributed by atoms with van der Waals surface area (Å²) in [4.78, 5) is 17.8. The quantitative estimate of drug-likeness (QED) is 0.341. The van der Waals surface area contributed by atoms with Gasteiger partial charge in [0.05, 0.1) is 34.2 Å². The number of carbonyl (C=O) groups excluding carboxylic acids is 1. The Hall–Kier alpha value is -3.83. The van der Waals surface area contributed by atoms with Gasteiger partial charge in [0.25, 0.3) is 10.0 Å². The van der Waals surface area contributed by atoms with Crippen molar-refractivity contribution in [3.8, 4) is 11.3 Å². The number of ketones is 1. The number of anilines is 1. The van der Waals surface area contributed by atoms with Crippen LogP contribution in [0.25, 0.3) is 16.9 Å². The minimum atomic E-state index is -3.85. The fourth-order valence-electron chi connectivity index (χ4n) is 3.50. The Balaban J connectivity index is 1.56. The summed E-state index contributed by atoms with van der Waals surface area (Å²) in [6.45, 7) is 1.55. The molecule has 4 aromatic heterocycles. The van der Waals surface area contributed by atoms with Crippen LogP contribution in [-0.4, -0.2) is 41.0 Å². The van der Waals surface area contributed by atoms with E-state index in [4.69, 9.17) is 4.52 Å². The zero-order valence-corrected chi connectivity index (χ0v) is 19.2. The number of nitrogens with zero attached hydrogens (tertiary/aromatic N) is 5. The molecular formula is C22H17N5O4S2. The number of carbonyl (C=O) groups is 1. The van der Waals surface area contributed by atoms with Crippen molar-refractivity contribution in [2.24, 2.45) is 0 Å². The molecule has 0 saturated carbocycles. The first-order valence-corrected chi connectivity index (χ1v) is 12.1. The SMILES string of the molecule is Cc1oncc1S(=O)(=O)N(C)c1cccc(-c2ccnc3c(C(=O)c4cccs4)cnn23)c1. The van der Waals surface area contributed by atoms with Gasteiger partial charge in [-0.05, 0) is 36.6 Å². The highest BCUT2D eigenvalue weighted by Gasteiger charge is 2.26. The van der Waals surface area contributed by atoms with Gasteiger partial charge in [0.15, 0.2) is 11.4 Å². The van der Waals surface area contributed by atoms with Crippen LogP contribution < -0.4 is 4.31 Å². The molecule has 5 aromatic rings. The average Bonchev–Trinajstić information content (AvgIpc) is 3.58. The second kappa shape index (κ2) is 7.94. The average molecular weight is 480 g/mol. The highest BCUT2D eigenvalue weighted by atomic mass is 32.2. The van der Waals surface area contributed by atoms with Gasteiger partial charge in [0.1, 0.15) is 4.90 Å². The molecule has 0 aliphatic heterocycles. The Kier molecular flexibility index (Phi) is 5.06. The Morgan fingerprint density at radius 1 is 1.15 bits per heavy atom. The van der Waals surface area contributed by atoms with E-state index in [1.54, 1.807) is 48.0 Å². The lowest BCUT2D eigenvalue weighted by atomic mass is 10.1. The molecule has 4 heterocycles. The summed E-state index contributed by atoms with van der Waals surface area (Å²) < 4.78 is 33.7. The van der Waals surface area contributed by atoms with Crippen molar-refractivity contribution in [2.45, 2.75) is 11.8 Å². The molecule has 166 valence electrons. The molecule has 0 N–H and O–H groups in total. The monoisotopic (exact) mass is 479 g/mol. The molecule has 5 rings (SSSR count). The van der Waals surface area contributed by atoms with Gasteiger partial charge >= 0.3 is 0 Å². The first-order valence-electron chi connectivity index (χ1n) is 9.79. The van der Waals surface area contributed by atoms with Crippen molar-refractivity contribution in [1.82, 2.24) is 19.8 Å². The maximum absolute atomic E-state index is 13.0. The van der Waals surface area contributed by atoms with Crippen LogP contribution in [0.15, 0.2) is 75.9 Å². The van der Waals surface area contributed by atoms with E-state index in [0.29, 0.717) is 33.0 Å². The molecule has 0 atom stereocenters. The molecule has 0 aliphatic rings. The molecule has 0 spiro atoms. The van der Waals surface area contributed by atoms with E-state index in [0.717, 1.165) is 0 Å². The molecule has 0 bridgehead atoms. The normalized spacial score (nSPS) is 11.7. The molecular weight excluding hydrogens is 462 g/mol. The number of aryl methyl sites for hydroxylation is 1. The number of thiophene rings is 1. The van der Waals surface area contributed by atoms with E-state index in [-0.39, 0.29) is 16.4 Å². The zero-order valence-electron chi connectivity index (χ0n) is 17.5. The van der Waals surface area contributed by atoms with Crippen LogP contribution in [0, 0.1) is 6.92 Å². The van der Waals surface area contributed by atoms with Gasteiger partial charge in [-0.3, -0.25) is 9.10 Å². The third kappa shape index (κ3) is 3.51. The lowest BCUT2D eigenvalue weighted by Crippen LogP contribution is -2.26. The Bertz CT molecular complexity index is 1590. The standard InChI is InChI=1S/C22H17N5O4S2/c1-14-20(13-25-31-14)33(29,30)26(2)16-6-3-5-15(11-16)18-8-9-23-22-17(12-24-27(18)22)21(28)19-7-4-10-32-19/h3-13H,1-2H3. The number of aromatic nitrogens is 4. The second-order valence-electron chi connectivity index (χ2n) is 7.20. The summed E-state index contributed by atoms with van der Waals surface area (Å²) >= 11 is 1.36. The molecule has 0 unspecified atom stereocenters. The van der Waals surface area contributed by atoms with Crippen LogP contribution in [-0.2, 0) is 10.0 Å². The maximum atomic E-state index is 13.0. The predicted molar refractivity (Wildman–Crippen MR) is 123 cm³/mol. The topological polar surface area (TPSA) is 111 Å². The van der Waals surface area contributed by atoms with Gasteiger partial charge in [-0.1, -0.05) is 23.4 Å². The van der Waals surface area contributed by atoms with Crippen LogP contribution in [0.5, 0.6) is 0 Å². The number of fused-ring (bicyclic) bond motifs is 1. The van der Waals surface area contributed by atoms with Crippen LogP contribution in [0.2, 0.25) is 0 Å². The van der Waals surface area contributed by atoms with Crippen molar-refractivity contribution in [2.75, 3.05) is 11.4 Å². The smallest absolute Gasteiger partial charge is 0.269 e. The van der Waals surface area contributed by atoms with E-state index < -0.39 is 10.0 Å². The van der Waals surface area contributed by atoms with Crippen molar-refractivity contribution in [3.05, 3.63) is 82.6 Å². The van der Waals surface area contributed by atoms with Gasteiger partial charge < -0.3 is 4.52 Å². The Labute approximate surface area is 193 Å². The highest BCUT2D eigenvalue weighted by molar-refractivity contribution is 7.92. The van der Waals surface area contributed by atoms with E-state index >= 15 is 0 Å². The molecule has 0 aliphatic carbocycles. The summed E-state index contributed by atoms with van der Waals surface area (Å²) in [5, 5.41) is 9.80. The van der Waals surface area contributed by atoms with E-state index in [1.807, 2.05) is 17.5 Å². The lowest BCUT2D eigenvalue weighted by molar-refractivity contribution is 0.104. The van der Waals surface area contributed by atoms with Gasteiger partial charge in [0, 0.05) is 18.8 Å². The number of sulfonamides is 1. The molecule has 0 fully saturated rings. The molecule has 33 heavy (non-hydrogen) atoms. The van der Waals surface area contributed by atoms with Crippen LogP contribution in [0.4, 0.5) is 5.69 Å². The van der Waals surface area contributed by atoms with Crippen molar-refractivity contribution < 1.29 is 17.7 Å². The van der Waals surface area contributed by atoms with E-state index in [9.17, 15) is 13.2 Å². The fourth-order valence-corrected chi connectivity index (χ4v) is 5.44. The van der Waals surface area contributed by atoms with Crippen LogP contribution in [0.1, 0.15) is 21.0 Å². The fraction of sp³-hybridized carbons (Fsp3) is 0.0909. The minimum absolute atomic E-state index is 0.00510. The summed E-state index contributed by atoms with van der Waals surface area (Å²) in [5.74, 6) is 0.0710. The predicted octanol–water partition coefficient (Wildman–Crippen LogP) is 3.81. The number of rotatable bonds is 6. The van der Waals surface area contributed by atoms with Crippen molar-refractivity contribution >= 4 is 38.5 Å². The van der Waals surface area contributed by atoms with Gasteiger partial charge in [-0.15, -0.1) is 11.3 Å². The minimum Gasteiger partial charge on any atom is -0.360 e. The lowest BCUT2D eigenvalue weighted by Gasteiger charge is -2.19. The molecule has 11 heteroatoms. The van der Waals surface area contributed by atoms with Crippen molar-refractivity contribution in [3.63, 3.8) is 0 Å². The van der Waals surface area contributed by atoms with Crippen LogP contribution >= 0.6 is 11.3 Å². The Morgan fingerprint density at radius 3 is 2.73 bits per heavy atom. The summed E-state index contributed by atoms with van der Waals surface area (Å²) in [7, 11) is -2.39. The number of benzene rings is 1. The number of hydrogen-bond donors (Lipinski definition) is 0. The zero-order chi connectivity index (χ0) is 23.2. The van der Waals surface area contributed by atoms with Gasteiger partial charge in [-0.2, -0.15) is 5.10 Å².